The first-order valence-electron chi connectivity index (χ1n) is 9.62. The summed E-state index contributed by atoms with van der Waals surface area (Å²) in [5, 5.41) is 4.11. The van der Waals surface area contributed by atoms with Gasteiger partial charge in [0, 0.05) is 7.05 Å². The zero-order valence-corrected chi connectivity index (χ0v) is 17.1. The van der Waals surface area contributed by atoms with Crippen LogP contribution in [0.5, 0.6) is 11.5 Å². The number of nitrogens with two attached hydrogens (primary N) is 1. The highest BCUT2D eigenvalue weighted by Gasteiger charge is 2.05. The van der Waals surface area contributed by atoms with Crippen LogP contribution in [0, 0.1) is 0 Å². The van der Waals surface area contributed by atoms with Crippen molar-refractivity contribution >= 4 is 17.7 Å². The Morgan fingerprint density at radius 2 is 1.89 bits per heavy atom. The maximum Gasteiger partial charge on any atom is 0.209 e. The molecule has 0 unspecified atom stereocenters. The van der Waals surface area contributed by atoms with E-state index in [9.17, 15) is 0 Å². The Morgan fingerprint density at radius 3 is 2.59 bits per heavy atom. The van der Waals surface area contributed by atoms with E-state index in [1.165, 1.54) is 32.1 Å². The standard InChI is InChI=1S/C21H34N4O2/c1-5-6-7-8-9-10-15-27-19-14-13-18(16-20(19)26-4)12-11-17(2)24-25-21(22)23-3/h11-14,16H,5-10,15H2,1-4H3,(H3,22,23,25)/b12-11-,24-17-. The monoisotopic (exact) mass is 374 g/mol. The third-order valence-electron chi connectivity index (χ3n) is 4.05. The molecule has 6 heteroatoms. The van der Waals surface area contributed by atoms with Gasteiger partial charge in [0.15, 0.2) is 11.5 Å². The minimum absolute atomic E-state index is 0.274. The molecule has 0 saturated carbocycles. The summed E-state index contributed by atoms with van der Waals surface area (Å²) in [6.07, 6.45) is 11.3. The van der Waals surface area contributed by atoms with Crippen molar-refractivity contribution in [2.45, 2.75) is 52.4 Å². The number of benzene rings is 1. The van der Waals surface area contributed by atoms with E-state index >= 15 is 0 Å². The van der Waals surface area contributed by atoms with Gasteiger partial charge in [0.25, 0.3) is 0 Å². The van der Waals surface area contributed by atoms with E-state index in [1.807, 2.05) is 37.3 Å². The molecule has 0 spiro atoms. The first-order valence-corrected chi connectivity index (χ1v) is 9.62. The fourth-order valence-electron chi connectivity index (χ4n) is 2.42. The average Bonchev–Trinajstić information content (AvgIpc) is 2.70. The molecule has 1 aromatic carbocycles. The normalized spacial score (nSPS) is 12.4. The van der Waals surface area contributed by atoms with E-state index in [2.05, 4.69) is 22.4 Å². The zero-order chi connectivity index (χ0) is 19.9. The van der Waals surface area contributed by atoms with Gasteiger partial charge in [-0.2, -0.15) is 5.10 Å². The van der Waals surface area contributed by atoms with Gasteiger partial charge >= 0.3 is 0 Å². The fraction of sp³-hybridized carbons (Fsp3) is 0.524. The van der Waals surface area contributed by atoms with Crippen molar-refractivity contribution in [1.29, 1.82) is 0 Å². The Bertz CT molecular complexity index is 639. The van der Waals surface area contributed by atoms with Crippen LogP contribution in [-0.4, -0.2) is 32.4 Å². The molecule has 0 bridgehead atoms. The molecular weight excluding hydrogens is 340 g/mol. The lowest BCUT2D eigenvalue weighted by Crippen LogP contribution is -2.27. The fourth-order valence-corrected chi connectivity index (χ4v) is 2.42. The van der Waals surface area contributed by atoms with E-state index in [0.29, 0.717) is 0 Å². The average molecular weight is 375 g/mol. The van der Waals surface area contributed by atoms with Crippen molar-refractivity contribution in [2.24, 2.45) is 15.8 Å². The molecule has 0 aliphatic heterocycles. The Kier molecular flexibility index (Phi) is 11.4. The number of unbranched alkanes of at least 4 members (excludes halogenated alkanes) is 5. The first kappa shape index (κ1) is 22.5. The lowest BCUT2D eigenvalue weighted by Gasteiger charge is -2.11. The maximum absolute atomic E-state index is 5.88. The highest BCUT2D eigenvalue weighted by Crippen LogP contribution is 2.28. The maximum atomic E-state index is 5.88. The summed E-state index contributed by atoms with van der Waals surface area (Å²) in [5.41, 5.74) is 9.99. The Balaban J connectivity index is 2.54. The molecule has 150 valence electrons. The smallest absolute Gasteiger partial charge is 0.209 e. The Morgan fingerprint density at radius 1 is 1.15 bits per heavy atom. The number of nitrogens with zero attached hydrogens (tertiary/aromatic N) is 2. The molecule has 0 atom stereocenters. The second-order valence-corrected chi connectivity index (χ2v) is 6.33. The zero-order valence-electron chi connectivity index (χ0n) is 17.1. The number of allylic oxidation sites excluding steroid dienone is 1. The largest absolute Gasteiger partial charge is 0.493 e. The third kappa shape index (κ3) is 9.68. The predicted octanol–water partition coefficient (Wildman–Crippen LogP) is 4.36. The van der Waals surface area contributed by atoms with Crippen molar-refractivity contribution in [1.82, 2.24) is 5.43 Å². The number of rotatable bonds is 12. The van der Waals surface area contributed by atoms with E-state index in [-0.39, 0.29) is 5.96 Å². The van der Waals surface area contributed by atoms with Crippen LogP contribution in [0.25, 0.3) is 6.08 Å². The first-order chi connectivity index (χ1) is 13.1. The molecule has 3 N–H and O–H groups in total. The number of hydrogen-bond acceptors (Lipinski definition) is 4. The molecule has 0 radical (unpaired) electrons. The molecule has 0 heterocycles. The summed E-state index contributed by atoms with van der Waals surface area (Å²) in [6.45, 7) is 4.83. The number of aliphatic imine (C=N–C) groups is 1. The molecular formula is C21H34N4O2. The molecule has 27 heavy (non-hydrogen) atoms. The molecule has 0 amide bonds. The van der Waals surface area contributed by atoms with Crippen molar-refractivity contribution in [3.05, 3.63) is 29.8 Å². The summed E-state index contributed by atoms with van der Waals surface area (Å²) in [6, 6.07) is 5.90. The van der Waals surface area contributed by atoms with Crippen molar-refractivity contribution in [3.8, 4) is 11.5 Å². The molecule has 6 nitrogen and oxygen atoms in total. The van der Waals surface area contributed by atoms with Crippen LogP contribution in [0.2, 0.25) is 0 Å². The summed E-state index contributed by atoms with van der Waals surface area (Å²) >= 11 is 0. The van der Waals surface area contributed by atoms with Gasteiger partial charge in [-0.25, -0.2) is 5.43 Å². The van der Waals surface area contributed by atoms with Crippen LogP contribution in [0.4, 0.5) is 0 Å². The lowest BCUT2D eigenvalue weighted by molar-refractivity contribution is 0.284. The number of guanidine groups is 1. The summed E-state index contributed by atoms with van der Waals surface area (Å²) < 4.78 is 11.3. The Labute approximate surface area is 163 Å². The highest BCUT2D eigenvalue weighted by atomic mass is 16.5. The number of nitrogens with one attached hydrogen (secondary N) is 1. The van der Waals surface area contributed by atoms with Crippen LogP contribution in [0.1, 0.15) is 57.9 Å². The van der Waals surface area contributed by atoms with Gasteiger partial charge in [-0.1, -0.05) is 51.2 Å². The number of hydrazone groups is 1. The second kappa shape index (κ2) is 13.7. The molecule has 0 aliphatic rings. The van der Waals surface area contributed by atoms with E-state index < -0.39 is 0 Å². The number of ether oxygens (including phenoxy) is 2. The van der Waals surface area contributed by atoms with Crippen molar-refractivity contribution in [3.63, 3.8) is 0 Å². The topological polar surface area (TPSA) is 81.2 Å². The van der Waals surface area contributed by atoms with Gasteiger partial charge in [0.2, 0.25) is 5.96 Å². The van der Waals surface area contributed by atoms with Crippen molar-refractivity contribution in [2.75, 3.05) is 20.8 Å². The van der Waals surface area contributed by atoms with Crippen LogP contribution in [0.3, 0.4) is 0 Å². The van der Waals surface area contributed by atoms with Gasteiger partial charge in [-0.3, -0.25) is 4.99 Å². The molecule has 1 rings (SSSR count). The predicted molar refractivity (Wildman–Crippen MR) is 115 cm³/mol. The number of methoxy groups -OCH3 is 1. The highest BCUT2D eigenvalue weighted by molar-refractivity contribution is 5.97. The summed E-state index contributed by atoms with van der Waals surface area (Å²) in [5.74, 6) is 1.79. The molecule has 0 saturated heterocycles. The SMILES string of the molecule is CCCCCCCCOc1ccc(/C=C\C(C)=N/NC(N)=NC)cc1OC. The van der Waals surface area contributed by atoms with Gasteiger partial charge in [0.05, 0.1) is 19.4 Å². The van der Waals surface area contributed by atoms with Gasteiger partial charge in [0.1, 0.15) is 0 Å². The second-order valence-electron chi connectivity index (χ2n) is 6.33. The molecule has 0 aliphatic carbocycles. The Hall–Kier alpha value is -2.50. The minimum atomic E-state index is 0.274. The van der Waals surface area contributed by atoms with Gasteiger partial charge in [-0.05, 0) is 37.1 Å². The van der Waals surface area contributed by atoms with Gasteiger partial charge in [-0.15, -0.1) is 0 Å². The van der Waals surface area contributed by atoms with Gasteiger partial charge < -0.3 is 15.2 Å². The summed E-state index contributed by atoms with van der Waals surface area (Å²) in [7, 11) is 3.26. The minimum Gasteiger partial charge on any atom is -0.493 e. The van der Waals surface area contributed by atoms with Crippen LogP contribution in [0.15, 0.2) is 34.4 Å². The van der Waals surface area contributed by atoms with E-state index in [4.69, 9.17) is 15.2 Å². The molecule has 0 fully saturated rings. The van der Waals surface area contributed by atoms with Crippen LogP contribution >= 0.6 is 0 Å². The lowest BCUT2D eigenvalue weighted by atomic mass is 10.1. The molecule has 1 aromatic rings. The van der Waals surface area contributed by atoms with E-state index in [1.54, 1.807) is 14.2 Å². The van der Waals surface area contributed by atoms with Crippen LogP contribution in [-0.2, 0) is 0 Å². The molecule has 0 aromatic heterocycles. The third-order valence-corrected chi connectivity index (χ3v) is 4.05. The summed E-state index contributed by atoms with van der Waals surface area (Å²) in [4.78, 5) is 3.78. The number of hydrogen-bond donors (Lipinski definition) is 2. The van der Waals surface area contributed by atoms with E-state index in [0.717, 1.165) is 35.8 Å². The van der Waals surface area contributed by atoms with Crippen molar-refractivity contribution < 1.29 is 9.47 Å². The van der Waals surface area contributed by atoms with Crippen LogP contribution < -0.4 is 20.6 Å². The quantitative estimate of drug-likeness (QED) is 0.246.